The molecule has 0 bridgehead atoms. The third kappa shape index (κ3) is 3.57. The fourth-order valence-electron chi connectivity index (χ4n) is 1.64. The van der Waals surface area contributed by atoms with E-state index in [-0.39, 0.29) is 11.7 Å². The summed E-state index contributed by atoms with van der Waals surface area (Å²) in [7, 11) is 0. The number of nitrogens with one attached hydrogen (secondary N) is 1. The van der Waals surface area contributed by atoms with Gasteiger partial charge in [0.15, 0.2) is 5.60 Å². The van der Waals surface area contributed by atoms with E-state index in [0.29, 0.717) is 11.4 Å². The highest BCUT2D eigenvalue weighted by atomic mass is 19.1. The lowest BCUT2D eigenvalue weighted by Crippen LogP contribution is -2.42. The van der Waals surface area contributed by atoms with E-state index in [1.54, 1.807) is 26.0 Å². The van der Waals surface area contributed by atoms with Gasteiger partial charge in [-0.25, -0.2) is 4.39 Å². The van der Waals surface area contributed by atoms with Crippen molar-refractivity contribution in [1.82, 2.24) is 0 Å². The van der Waals surface area contributed by atoms with Crippen LogP contribution in [0.15, 0.2) is 54.6 Å². The molecule has 0 saturated carbocycles. The number of benzene rings is 2. The van der Waals surface area contributed by atoms with Crippen LogP contribution in [0.3, 0.4) is 0 Å². The molecular formula is C16H16FNO2. The number of hydrogen-bond acceptors (Lipinski definition) is 2. The van der Waals surface area contributed by atoms with Crippen LogP contribution >= 0.6 is 0 Å². The van der Waals surface area contributed by atoms with Crippen LogP contribution in [0.5, 0.6) is 5.75 Å². The summed E-state index contributed by atoms with van der Waals surface area (Å²) in [4.78, 5) is 12.2. The SMILES string of the molecule is CC(C)(Oc1ccccc1)C(=O)Nc1ccc(F)cc1. The predicted molar refractivity (Wildman–Crippen MR) is 76.2 cm³/mol. The first-order valence-corrected chi connectivity index (χ1v) is 6.28. The van der Waals surface area contributed by atoms with E-state index >= 15 is 0 Å². The van der Waals surface area contributed by atoms with E-state index < -0.39 is 5.60 Å². The molecular weight excluding hydrogens is 257 g/mol. The monoisotopic (exact) mass is 273 g/mol. The largest absolute Gasteiger partial charge is 0.478 e. The molecule has 0 aromatic heterocycles. The quantitative estimate of drug-likeness (QED) is 0.924. The Balaban J connectivity index is 2.05. The molecule has 2 rings (SSSR count). The van der Waals surface area contributed by atoms with Gasteiger partial charge in [0.05, 0.1) is 0 Å². The number of amides is 1. The van der Waals surface area contributed by atoms with Crippen molar-refractivity contribution < 1.29 is 13.9 Å². The summed E-state index contributed by atoms with van der Waals surface area (Å²) >= 11 is 0. The molecule has 2 aromatic rings. The lowest BCUT2D eigenvalue weighted by Gasteiger charge is -2.25. The van der Waals surface area contributed by atoms with Crippen molar-refractivity contribution in [1.29, 1.82) is 0 Å². The van der Waals surface area contributed by atoms with Crippen LogP contribution in [0.1, 0.15) is 13.8 Å². The first kappa shape index (κ1) is 14.1. The number of anilines is 1. The van der Waals surface area contributed by atoms with Crippen LogP contribution in [0, 0.1) is 5.82 Å². The maximum Gasteiger partial charge on any atom is 0.267 e. The zero-order valence-corrected chi connectivity index (χ0v) is 11.4. The van der Waals surface area contributed by atoms with Crippen molar-refractivity contribution >= 4 is 11.6 Å². The number of para-hydroxylation sites is 1. The van der Waals surface area contributed by atoms with Crippen LogP contribution in [-0.2, 0) is 4.79 Å². The smallest absolute Gasteiger partial charge is 0.267 e. The molecule has 1 N–H and O–H groups in total. The predicted octanol–water partition coefficient (Wildman–Crippen LogP) is 3.62. The van der Waals surface area contributed by atoms with Crippen LogP contribution in [0.25, 0.3) is 0 Å². The molecule has 0 aliphatic heterocycles. The Kier molecular flexibility index (Phi) is 4.03. The van der Waals surface area contributed by atoms with Crippen molar-refractivity contribution in [3.63, 3.8) is 0 Å². The molecule has 0 spiro atoms. The third-order valence-electron chi connectivity index (χ3n) is 2.77. The lowest BCUT2D eigenvalue weighted by molar-refractivity contribution is -0.128. The number of rotatable bonds is 4. The Hall–Kier alpha value is -2.36. The minimum Gasteiger partial charge on any atom is -0.478 e. The first-order chi connectivity index (χ1) is 9.47. The molecule has 2 aromatic carbocycles. The van der Waals surface area contributed by atoms with E-state index in [9.17, 15) is 9.18 Å². The highest BCUT2D eigenvalue weighted by Gasteiger charge is 2.29. The number of carbonyl (C=O) groups excluding carboxylic acids is 1. The molecule has 104 valence electrons. The number of ether oxygens (including phenoxy) is 1. The molecule has 0 atom stereocenters. The van der Waals surface area contributed by atoms with Gasteiger partial charge >= 0.3 is 0 Å². The van der Waals surface area contributed by atoms with Crippen molar-refractivity contribution in [3.05, 3.63) is 60.4 Å². The summed E-state index contributed by atoms with van der Waals surface area (Å²) in [5, 5.41) is 2.70. The van der Waals surface area contributed by atoms with Gasteiger partial charge in [-0.1, -0.05) is 18.2 Å². The van der Waals surface area contributed by atoms with Crippen molar-refractivity contribution in [3.8, 4) is 5.75 Å². The highest BCUT2D eigenvalue weighted by Crippen LogP contribution is 2.19. The molecule has 20 heavy (non-hydrogen) atoms. The van der Waals surface area contributed by atoms with E-state index in [1.807, 2.05) is 18.2 Å². The second-order valence-electron chi connectivity index (χ2n) is 4.89. The van der Waals surface area contributed by atoms with Crippen LogP contribution in [0.4, 0.5) is 10.1 Å². The van der Waals surface area contributed by atoms with Gasteiger partial charge in [-0.15, -0.1) is 0 Å². The van der Waals surface area contributed by atoms with Crippen LogP contribution in [-0.4, -0.2) is 11.5 Å². The van der Waals surface area contributed by atoms with Gasteiger partial charge in [0.1, 0.15) is 11.6 Å². The molecule has 0 aliphatic rings. The Morgan fingerprint density at radius 2 is 1.65 bits per heavy atom. The Morgan fingerprint density at radius 1 is 1.05 bits per heavy atom. The van der Waals surface area contributed by atoms with E-state index in [2.05, 4.69) is 5.32 Å². The summed E-state index contributed by atoms with van der Waals surface area (Å²) in [5.74, 6) is -0.0255. The Bertz CT molecular complexity index is 579. The Labute approximate surface area is 117 Å². The molecule has 0 radical (unpaired) electrons. The normalized spacial score (nSPS) is 10.9. The second kappa shape index (κ2) is 5.74. The third-order valence-corrected chi connectivity index (χ3v) is 2.77. The fraction of sp³-hybridized carbons (Fsp3) is 0.188. The Morgan fingerprint density at radius 3 is 2.25 bits per heavy atom. The van der Waals surface area contributed by atoms with E-state index in [0.717, 1.165) is 0 Å². The van der Waals surface area contributed by atoms with Gasteiger partial charge in [0.2, 0.25) is 0 Å². The average Bonchev–Trinajstić information content (AvgIpc) is 2.42. The molecule has 0 aliphatic carbocycles. The summed E-state index contributed by atoms with van der Waals surface area (Å²) in [6.07, 6.45) is 0. The zero-order valence-electron chi connectivity index (χ0n) is 11.4. The fourth-order valence-corrected chi connectivity index (χ4v) is 1.64. The van der Waals surface area contributed by atoms with E-state index in [1.165, 1.54) is 24.3 Å². The molecule has 0 heterocycles. The summed E-state index contributed by atoms with van der Waals surface area (Å²) < 4.78 is 18.5. The summed E-state index contributed by atoms with van der Waals surface area (Å²) in [6, 6.07) is 14.7. The second-order valence-corrected chi connectivity index (χ2v) is 4.89. The summed E-state index contributed by atoms with van der Waals surface area (Å²) in [6.45, 7) is 3.36. The minimum atomic E-state index is -1.03. The average molecular weight is 273 g/mol. The van der Waals surface area contributed by atoms with Gasteiger partial charge in [-0.3, -0.25) is 4.79 Å². The van der Waals surface area contributed by atoms with Gasteiger partial charge in [-0.2, -0.15) is 0 Å². The minimum absolute atomic E-state index is 0.298. The zero-order chi connectivity index (χ0) is 14.6. The maximum atomic E-state index is 12.8. The van der Waals surface area contributed by atoms with Crippen molar-refractivity contribution in [2.45, 2.75) is 19.4 Å². The molecule has 0 saturated heterocycles. The van der Waals surface area contributed by atoms with Gasteiger partial charge in [0.25, 0.3) is 5.91 Å². The standard InChI is InChI=1S/C16H16FNO2/c1-16(2,20-14-6-4-3-5-7-14)15(19)18-13-10-8-12(17)9-11-13/h3-11H,1-2H3,(H,18,19). The van der Waals surface area contributed by atoms with Gasteiger partial charge in [0, 0.05) is 5.69 Å². The van der Waals surface area contributed by atoms with Gasteiger partial charge < -0.3 is 10.1 Å². The topological polar surface area (TPSA) is 38.3 Å². The number of hydrogen-bond donors (Lipinski definition) is 1. The molecule has 0 unspecified atom stereocenters. The molecule has 1 amide bonds. The lowest BCUT2D eigenvalue weighted by atomic mass is 10.1. The van der Waals surface area contributed by atoms with Gasteiger partial charge in [-0.05, 0) is 50.2 Å². The maximum absolute atomic E-state index is 12.8. The van der Waals surface area contributed by atoms with Crippen molar-refractivity contribution in [2.75, 3.05) is 5.32 Å². The van der Waals surface area contributed by atoms with Crippen LogP contribution < -0.4 is 10.1 Å². The van der Waals surface area contributed by atoms with Crippen molar-refractivity contribution in [2.24, 2.45) is 0 Å². The molecule has 0 fully saturated rings. The van der Waals surface area contributed by atoms with E-state index in [4.69, 9.17) is 4.74 Å². The highest BCUT2D eigenvalue weighted by molar-refractivity contribution is 5.96. The number of halogens is 1. The summed E-state index contributed by atoms with van der Waals surface area (Å²) in [5.41, 5.74) is -0.503. The molecule has 3 nitrogen and oxygen atoms in total. The first-order valence-electron chi connectivity index (χ1n) is 6.28. The van der Waals surface area contributed by atoms with Crippen LogP contribution in [0.2, 0.25) is 0 Å². The molecule has 4 heteroatoms. The number of carbonyl (C=O) groups is 1.